The number of rotatable bonds is 4. The fraction of sp³-hybridized carbons (Fsp3) is 0.0769. The van der Waals surface area contributed by atoms with Crippen LogP contribution in [0.25, 0.3) is 55.2 Å². The molecule has 160 valence electrons. The van der Waals surface area contributed by atoms with Gasteiger partial charge in [-0.15, -0.1) is 11.3 Å². The summed E-state index contributed by atoms with van der Waals surface area (Å²) in [6, 6.07) is 20.0. The fourth-order valence-electron chi connectivity index (χ4n) is 4.12. The summed E-state index contributed by atoms with van der Waals surface area (Å²) >= 11 is 1.52. The van der Waals surface area contributed by atoms with Gasteiger partial charge < -0.3 is 4.98 Å². The summed E-state index contributed by atoms with van der Waals surface area (Å²) < 4.78 is 0. The molecular formula is C26H19N5OS. The highest BCUT2D eigenvalue weighted by atomic mass is 32.1. The van der Waals surface area contributed by atoms with E-state index in [2.05, 4.69) is 45.3 Å². The molecule has 0 aliphatic heterocycles. The third kappa shape index (κ3) is 3.25. The van der Waals surface area contributed by atoms with Gasteiger partial charge in [-0.25, -0.2) is 4.98 Å². The zero-order valence-corrected chi connectivity index (χ0v) is 18.8. The molecule has 5 heterocycles. The van der Waals surface area contributed by atoms with Crippen molar-refractivity contribution in [3.63, 3.8) is 0 Å². The number of aryl methyl sites for hydroxylation is 1. The molecular weight excluding hydrogens is 430 g/mol. The first-order valence-electron chi connectivity index (χ1n) is 10.6. The van der Waals surface area contributed by atoms with Crippen LogP contribution in [0.3, 0.4) is 0 Å². The lowest BCUT2D eigenvalue weighted by molar-refractivity contribution is 0.102. The normalized spacial score (nSPS) is 11.5. The molecule has 0 aliphatic carbocycles. The molecule has 5 aromatic heterocycles. The highest BCUT2D eigenvalue weighted by Crippen LogP contribution is 2.38. The van der Waals surface area contributed by atoms with E-state index in [1.807, 2.05) is 42.5 Å². The van der Waals surface area contributed by atoms with Crippen LogP contribution in [-0.2, 0) is 0 Å². The van der Waals surface area contributed by atoms with Crippen molar-refractivity contribution in [1.29, 1.82) is 0 Å². The van der Waals surface area contributed by atoms with E-state index in [4.69, 9.17) is 4.98 Å². The Balaban J connectivity index is 1.52. The minimum Gasteiger partial charge on any atom is -0.353 e. The number of aromatic amines is 2. The number of Topliss-reactive ketones (excluding diaryl/α,β-unsaturated/α-hetero) is 1. The van der Waals surface area contributed by atoms with Crippen LogP contribution in [0.5, 0.6) is 0 Å². The Morgan fingerprint density at radius 1 is 1.00 bits per heavy atom. The predicted molar refractivity (Wildman–Crippen MR) is 132 cm³/mol. The number of carbonyl (C=O) groups is 1. The second-order valence-corrected chi connectivity index (χ2v) is 9.09. The number of nitrogens with one attached hydrogen (secondary N) is 2. The maximum absolute atomic E-state index is 11.8. The van der Waals surface area contributed by atoms with Crippen LogP contribution in [0.2, 0.25) is 0 Å². The molecule has 33 heavy (non-hydrogen) atoms. The highest BCUT2D eigenvalue weighted by Gasteiger charge is 2.17. The number of hydrogen-bond acceptors (Lipinski definition) is 5. The summed E-state index contributed by atoms with van der Waals surface area (Å²) in [6.45, 7) is 3.69. The molecule has 2 N–H and O–H groups in total. The largest absolute Gasteiger partial charge is 0.353 e. The quantitative estimate of drug-likeness (QED) is 0.305. The predicted octanol–water partition coefficient (Wildman–Crippen LogP) is 6.41. The van der Waals surface area contributed by atoms with Crippen LogP contribution in [0.4, 0.5) is 0 Å². The number of ketones is 1. The molecule has 0 saturated heterocycles. The van der Waals surface area contributed by atoms with E-state index in [9.17, 15) is 4.79 Å². The van der Waals surface area contributed by atoms with Crippen molar-refractivity contribution in [3.05, 3.63) is 77.3 Å². The van der Waals surface area contributed by atoms with E-state index < -0.39 is 0 Å². The van der Waals surface area contributed by atoms with Gasteiger partial charge in [0.1, 0.15) is 11.2 Å². The van der Waals surface area contributed by atoms with Gasteiger partial charge in [0.25, 0.3) is 0 Å². The molecule has 0 atom stereocenters. The SMILES string of the molecule is CC(=O)c1ccc(-c2ccc(C)c3[nH]c(-c4n[nH]c5ccc(-c6ccccn6)nc45)cc23)s1. The number of carbonyl (C=O) groups excluding carboxylic acids is 1. The summed E-state index contributed by atoms with van der Waals surface area (Å²) in [6.07, 6.45) is 1.77. The third-order valence-electron chi connectivity index (χ3n) is 5.81. The minimum atomic E-state index is 0.0853. The van der Waals surface area contributed by atoms with Crippen molar-refractivity contribution >= 4 is 39.1 Å². The smallest absolute Gasteiger partial charge is 0.169 e. The molecule has 0 radical (unpaired) electrons. The van der Waals surface area contributed by atoms with Crippen molar-refractivity contribution < 1.29 is 4.79 Å². The number of aromatic nitrogens is 5. The van der Waals surface area contributed by atoms with Crippen LogP contribution in [0, 0.1) is 6.92 Å². The minimum absolute atomic E-state index is 0.0853. The topological polar surface area (TPSA) is 87.3 Å². The van der Waals surface area contributed by atoms with E-state index in [0.717, 1.165) is 65.6 Å². The third-order valence-corrected chi connectivity index (χ3v) is 7.03. The van der Waals surface area contributed by atoms with Gasteiger partial charge in [-0.3, -0.25) is 14.9 Å². The zero-order chi connectivity index (χ0) is 22.5. The van der Waals surface area contributed by atoms with Gasteiger partial charge in [0.2, 0.25) is 0 Å². The van der Waals surface area contributed by atoms with Crippen molar-refractivity contribution in [2.75, 3.05) is 0 Å². The molecule has 0 spiro atoms. The molecule has 0 aliphatic rings. The maximum Gasteiger partial charge on any atom is 0.169 e. The number of pyridine rings is 2. The first-order chi connectivity index (χ1) is 16.1. The number of fused-ring (bicyclic) bond motifs is 2. The van der Waals surface area contributed by atoms with E-state index in [1.165, 1.54) is 11.3 Å². The lowest BCUT2D eigenvalue weighted by atomic mass is 10.0. The summed E-state index contributed by atoms with van der Waals surface area (Å²) in [5.74, 6) is 0.0853. The van der Waals surface area contributed by atoms with E-state index >= 15 is 0 Å². The molecule has 0 saturated carbocycles. The molecule has 6 nitrogen and oxygen atoms in total. The van der Waals surface area contributed by atoms with Gasteiger partial charge in [-0.1, -0.05) is 18.2 Å². The van der Waals surface area contributed by atoms with Crippen LogP contribution in [0.15, 0.2) is 66.9 Å². The first kappa shape index (κ1) is 19.6. The Hall–Kier alpha value is -4.10. The van der Waals surface area contributed by atoms with Gasteiger partial charge in [0.05, 0.1) is 27.5 Å². The van der Waals surface area contributed by atoms with Crippen molar-refractivity contribution in [2.45, 2.75) is 13.8 Å². The fourth-order valence-corrected chi connectivity index (χ4v) is 5.06. The summed E-state index contributed by atoms with van der Waals surface area (Å²) in [4.78, 5) is 26.5. The van der Waals surface area contributed by atoms with Gasteiger partial charge in [0.15, 0.2) is 5.78 Å². The van der Waals surface area contributed by atoms with E-state index in [1.54, 1.807) is 13.1 Å². The Morgan fingerprint density at radius 3 is 2.70 bits per heavy atom. The van der Waals surface area contributed by atoms with Gasteiger partial charge >= 0.3 is 0 Å². The van der Waals surface area contributed by atoms with Crippen molar-refractivity contribution in [2.24, 2.45) is 0 Å². The molecule has 0 fully saturated rings. The molecule has 0 amide bonds. The number of hydrogen-bond donors (Lipinski definition) is 2. The molecule has 7 heteroatoms. The molecule has 0 bridgehead atoms. The molecule has 0 unspecified atom stereocenters. The average molecular weight is 450 g/mol. The average Bonchev–Trinajstić information content (AvgIpc) is 3.57. The van der Waals surface area contributed by atoms with Crippen LogP contribution < -0.4 is 0 Å². The molecule has 1 aromatic carbocycles. The van der Waals surface area contributed by atoms with E-state index in [0.29, 0.717) is 0 Å². The van der Waals surface area contributed by atoms with Crippen LogP contribution >= 0.6 is 11.3 Å². The van der Waals surface area contributed by atoms with Crippen molar-refractivity contribution in [3.8, 4) is 33.2 Å². The standard InChI is InChI=1S/C26H19N5OS/c1-14-6-7-16(23-11-10-22(33-23)15(2)32)17-13-21(29-24(14)17)26-25-20(30-31-26)9-8-19(28-25)18-5-3-4-12-27-18/h3-13,29H,1-2H3,(H,30,31). The summed E-state index contributed by atoms with van der Waals surface area (Å²) in [7, 11) is 0. The summed E-state index contributed by atoms with van der Waals surface area (Å²) in [5.41, 5.74) is 8.22. The summed E-state index contributed by atoms with van der Waals surface area (Å²) in [5, 5.41) is 8.77. The van der Waals surface area contributed by atoms with Gasteiger partial charge in [-0.2, -0.15) is 5.10 Å². The molecule has 6 rings (SSSR count). The second-order valence-electron chi connectivity index (χ2n) is 8.00. The monoisotopic (exact) mass is 449 g/mol. The highest BCUT2D eigenvalue weighted by molar-refractivity contribution is 7.17. The van der Waals surface area contributed by atoms with Crippen LogP contribution in [-0.4, -0.2) is 30.9 Å². The van der Waals surface area contributed by atoms with E-state index in [-0.39, 0.29) is 5.78 Å². The van der Waals surface area contributed by atoms with Gasteiger partial charge in [-0.05, 0) is 61.9 Å². The Labute approximate surface area is 193 Å². The van der Waals surface area contributed by atoms with Crippen LogP contribution in [0.1, 0.15) is 22.2 Å². The van der Waals surface area contributed by atoms with Gasteiger partial charge in [0, 0.05) is 27.5 Å². The lowest BCUT2D eigenvalue weighted by Gasteiger charge is -2.02. The molecule has 6 aromatic rings. The first-order valence-corrected chi connectivity index (χ1v) is 11.4. The Kier molecular flexibility index (Phi) is 4.45. The number of benzene rings is 1. The maximum atomic E-state index is 11.8. The Morgan fingerprint density at radius 2 is 1.91 bits per heavy atom. The second kappa shape index (κ2) is 7.50. The zero-order valence-electron chi connectivity index (χ0n) is 18.0. The number of thiophene rings is 1. The van der Waals surface area contributed by atoms with Crippen molar-refractivity contribution in [1.82, 2.24) is 25.1 Å². The number of H-pyrrole nitrogens is 2. The lowest BCUT2D eigenvalue weighted by Crippen LogP contribution is -1.88. The number of nitrogens with zero attached hydrogens (tertiary/aromatic N) is 3. The Bertz CT molecular complexity index is 1660.